The van der Waals surface area contributed by atoms with E-state index < -0.39 is 0 Å². The third-order valence-corrected chi connectivity index (χ3v) is 3.58. The normalized spacial score (nSPS) is 11.1. The van der Waals surface area contributed by atoms with Crippen LogP contribution in [0.5, 0.6) is 0 Å². The SMILES string of the molecule is Cc1cn2cccc2c(C)c1-c1cccc[n+]1C. The summed E-state index contributed by atoms with van der Waals surface area (Å²) in [6.45, 7) is 4.37. The molecule has 0 unspecified atom stereocenters. The first-order chi connectivity index (χ1) is 8.68. The molecule has 0 bridgehead atoms. The van der Waals surface area contributed by atoms with Crippen molar-refractivity contribution >= 4 is 5.52 Å². The van der Waals surface area contributed by atoms with Crippen LogP contribution >= 0.6 is 0 Å². The van der Waals surface area contributed by atoms with Gasteiger partial charge in [0.05, 0.1) is 5.56 Å². The topological polar surface area (TPSA) is 8.29 Å². The molecule has 0 aliphatic heterocycles. The van der Waals surface area contributed by atoms with Gasteiger partial charge in [-0.15, -0.1) is 0 Å². The molecule has 3 aromatic heterocycles. The summed E-state index contributed by atoms with van der Waals surface area (Å²) in [5.74, 6) is 0. The van der Waals surface area contributed by atoms with Crippen LogP contribution < -0.4 is 4.57 Å². The largest absolute Gasteiger partial charge is 0.323 e. The zero-order chi connectivity index (χ0) is 12.7. The first-order valence-corrected chi connectivity index (χ1v) is 6.20. The summed E-state index contributed by atoms with van der Waals surface area (Å²) in [6, 6.07) is 10.6. The average molecular weight is 237 g/mol. The predicted octanol–water partition coefficient (Wildman–Crippen LogP) is 3.05. The fourth-order valence-corrected chi connectivity index (χ4v) is 2.70. The van der Waals surface area contributed by atoms with Crippen molar-refractivity contribution in [1.29, 1.82) is 0 Å². The highest BCUT2D eigenvalue weighted by atomic mass is 14.9. The van der Waals surface area contributed by atoms with Gasteiger partial charge in [-0.05, 0) is 43.2 Å². The van der Waals surface area contributed by atoms with E-state index >= 15 is 0 Å². The van der Waals surface area contributed by atoms with Gasteiger partial charge in [0.25, 0.3) is 0 Å². The van der Waals surface area contributed by atoms with E-state index in [4.69, 9.17) is 0 Å². The summed E-state index contributed by atoms with van der Waals surface area (Å²) in [4.78, 5) is 0. The van der Waals surface area contributed by atoms with E-state index in [2.05, 4.69) is 78.8 Å². The molecule has 0 aromatic carbocycles. The molecule has 0 atom stereocenters. The van der Waals surface area contributed by atoms with Crippen LogP contribution in [-0.4, -0.2) is 4.40 Å². The first-order valence-electron chi connectivity index (χ1n) is 6.20. The maximum absolute atomic E-state index is 2.20. The van der Waals surface area contributed by atoms with Crippen molar-refractivity contribution in [3.63, 3.8) is 0 Å². The van der Waals surface area contributed by atoms with Crippen molar-refractivity contribution in [1.82, 2.24) is 4.40 Å². The first kappa shape index (κ1) is 11.0. The second kappa shape index (κ2) is 3.98. The highest BCUT2D eigenvalue weighted by Gasteiger charge is 2.16. The lowest BCUT2D eigenvalue weighted by atomic mass is 10.0. The molecule has 0 N–H and O–H groups in total. The molecular formula is C16H17N2+. The maximum Gasteiger partial charge on any atom is 0.212 e. The van der Waals surface area contributed by atoms with Gasteiger partial charge in [-0.25, -0.2) is 4.57 Å². The van der Waals surface area contributed by atoms with Crippen LogP contribution in [0.1, 0.15) is 11.1 Å². The van der Waals surface area contributed by atoms with E-state index in [1.165, 1.54) is 27.9 Å². The molecular weight excluding hydrogens is 220 g/mol. The number of fused-ring (bicyclic) bond motifs is 1. The molecule has 0 aliphatic carbocycles. The summed E-state index contributed by atoms with van der Waals surface area (Å²) in [6.07, 6.45) is 6.39. The third kappa shape index (κ3) is 1.53. The molecule has 90 valence electrons. The van der Waals surface area contributed by atoms with E-state index in [0.29, 0.717) is 0 Å². The van der Waals surface area contributed by atoms with Gasteiger partial charge < -0.3 is 4.40 Å². The van der Waals surface area contributed by atoms with E-state index in [-0.39, 0.29) is 0 Å². The molecule has 2 heteroatoms. The Balaban J connectivity index is 2.39. The lowest BCUT2D eigenvalue weighted by molar-refractivity contribution is -0.660. The van der Waals surface area contributed by atoms with Gasteiger partial charge in [0.15, 0.2) is 6.20 Å². The molecule has 0 saturated heterocycles. The van der Waals surface area contributed by atoms with Crippen molar-refractivity contribution in [3.8, 4) is 11.3 Å². The van der Waals surface area contributed by atoms with Gasteiger partial charge in [0.2, 0.25) is 5.69 Å². The van der Waals surface area contributed by atoms with Gasteiger partial charge in [0.1, 0.15) is 7.05 Å². The number of hydrogen-bond acceptors (Lipinski definition) is 0. The molecule has 0 saturated carbocycles. The fraction of sp³-hybridized carbons (Fsp3) is 0.188. The number of rotatable bonds is 1. The number of hydrogen-bond donors (Lipinski definition) is 0. The van der Waals surface area contributed by atoms with Crippen molar-refractivity contribution in [2.45, 2.75) is 13.8 Å². The molecule has 3 heterocycles. The number of aryl methyl sites for hydroxylation is 3. The van der Waals surface area contributed by atoms with E-state index in [0.717, 1.165) is 0 Å². The average Bonchev–Trinajstić information content (AvgIpc) is 2.79. The van der Waals surface area contributed by atoms with Crippen LogP contribution in [0.4, 0.5) is 0 Å². The minimum absolute atomic E-state index is 1.26. The van der Waals surface area contributed by atoms with Crippen LogP contribution in [0.25, 0.3) is 16.8 Å². The Morgan fingerprint density at radius 3 is 2.67 bits per heavy atom. The molecule has 0 aliphatic rings. The van der Waals surface area contributed by atoms with Crippen LogP contribution in [0, 0.1) is 13.8 Å². The Kier molecular flexibility index (Phi) is 2.44. The van der Waals surface area contributed by atoms with Crippen molar-refractivity contribution in [2.75, 3.05) is 0 Å². The molecule has 3 aromatic rings. The van der Waals surface area contributed by atoms with E-state index in [9.17, 15) is 0 Å². The Bertz CT molecular complexity index is 723. The van der Waals surface area contributed by atoms with Crippen molar-refractivity contribution in [2.24, 2.45) is 7.05 Å². The van der Waals surface area contributed by atoms with Gasteiger partial charge in [-0.1, -0.05) is 0 Å². The summed E-state index contributed by atoms with van der Waals surface area (Å²) in [5.41, 5.74) is 6.51. The monoisotopic (exact) mass is 237 g/mol. The predicted molar refractivity (Wildman–Crippen MR) is 73.5 cm³/mol. The molecule has 18 heavy (non-hydrogen) atoms. The fourth-order valence-electron chi connectivity index (χ4n) is 2.70. The molecule has 3 rings (SSSR count). The Labute approximate surface area is 107 Å². The van der Waals surface area contributed by atoms with Crippen LogP contribution in [-0.2, 0) is 7.05 Å². The Morgan fingerprint density at radius 2 is 1.89 bits per heavy atom. The van der Waals surface area contributed by atoms with E-state index in [1.54, 1.807) is 0 Å². The zero-order valence-corrected chi connectivity index (χ0v) is 11.0. The van der Waals surface area contributed by atoms with Gasteiger partial charge >= 0.3 is 0 Å². The Hall–Kier alpha value is -2.09. The number of pyridine rings is 2. The summed E-state index contributed by atoms with van der Waals surface area (Å²) >= 11 is 0. The second-order valence-corrected chi connectivity index (χ2v) is 4.81. The lowest BCUT2D eigenvalue weighted by Crippen LogP contribution is -2.30. The van der Waals surface area contributed by atoms with Crippen LogP contribution in [0.3, 0.4) is 0 Å². The van der Waals surface area contributed by atoms with Crippen molar-refractivity contribution < 1.29 is 4.57 Å². The highest BCUT2D eigenvalue weighted by Crippen LogP contribution is 2.27. The Morgan fingerprint density at radius 1 is 1.06 bits per heavy atom. The lowest BCUT2D eigenvalue weighted by Gasteiger charge is -2.10. The summed E-state index contributed by atoms with van der Waals surface area (Å²) < 4.78 is 4.37. The highest BCUT2D eigenvalue weighted by molar-refractivity contribution is 5.74. The summed E-state index contributed by atoms with van der Waals surface area (Å²) in [5, 5.41) is 0. The smallest absolute Gasteiger partial charge is 0.212 e. The maximum atomic E-state index is 2.20. The molecule has 2 nitrogen and oxygen atoms in total. The molecule has 0 radical (unpaired) electrons. The van der Waals surface area contributed by atoms with Gasteiger partial charge in [-0.2, -0.15) is 0 Å². The molecule has 0 spiro atoms. The zero-order valence-electron chi connectivity index (χ0n) is 11.0. The number of aromatic nitrogens is 2. The minimum atomic E-state index is 1.26. The van der Waals surface area contributed by atoms with Gasteiger partial charge in [-0.3, -0.25) is 0 Å². The van der Waals surface area contributed by atoms with Crippen LogP contribution in [0.15, 0.2) is 48.9 Å². The van der Waals surface area contributed by atoms with E-state index in [1.807, 2.05) is 0 Å². The standard InChI is InChI=1S/C16H17N2/c1-12-11-18-10-6-8-14(18)13(2)16(12)15-7-4-5-9-17(15)3/h4-11H,1-3H3/q+1. The second-order valence-electron chi connectivity index (χ2n) is 4.81. The number of nitrogens with zero attached hydrogens (tertiary/aromatic N) is 2. The minimum Gasteiger partial charge on any atom is -0.323 e. The summed E-state index contributed by atoms with van der Waals surface area (Å²) in [7, 11) is 2.09. The van der Waals surface area contributed by atoms with Crippen LogP contribution in [0.2, 0.25) is 0 Å². The van der Waals surface area contributed by atoms with Crippen molar-refractivity contribution in [3.05, 3.63) is 60.0 Å². The molecule has 0 amide bonds. The van der Waals surface area contributed by atoms with Gasteiger partial charge in [0, 0.05) is 30.0 Å². The molecule has 0 fully saturated rings. The third-order valence-electron chi connectivity index (χ3n) is 3.58. The quantitative estimate of drug-likeness (QED) is 0.575.